The summed E-state index contributed by atoms with van der Waals surface area (Å²) < 4.78 is 0. The van der Waals surface area contributed by atoms with Gasteiger partial charge in [-0.05, 0) is 24.6 Å². The van der Waals surface area contributed by atoms with Gasteiger partial charge in [0.15, 0.2) is 0 Å². The maximum atomic E-state index is 12.0. The Labute approximate surface area is 137 Å². The molecule has 0 atom stereocenters. The number of halogens is 2. The largest absolute Gasteiger partial charge is 0.382 e. The van der Waals surface area contributed by atoms with Crippen LogP contribution in [0.5, 0.6) is 0 Å². The van der Waals surface area contributed by atoms with Crippen LogP contribution >= 0.6 is 23.2 Å². The molecular formula is C14H15Cl2N5O. The van der Waals surface area contributed by atoms with E-state index in [-0.39, 0.29) is 22.9 Å². The lowest BCUT2D eigenvalue weighted by molar-refractivity contribution is 1.03. The Balaban J connectivity index is 2.24. The summed E-state index contributed by atoms with van der Waals surface area (Å²) in [6.07, 6.45) is 0. The molecule has 6 nitrogen and oxygen atoms in total. The van der Waals surface area contributed by atoms with Gasteiger partial charge in [-0.25, -0.2) is 4.98 Å². The van der Waals surface area contributed by atoms with E-state index in [4.69, 9.17) is 28.6 Å². The van der Waals surface area contributed by atoms with Crippen molar-refractivity contribution in [1.29, 1.82) is 5.41 Å². The highest BCUT2D eigenvalue weighted by molar-refractivity contribution is 6.42. The molecule has 0 unspecified atom stereocenters. The van der Waals surface area contributed by atoms with Gasteiger partial charge in [-0.1, -0.05) is 29.3 Å². The number of aromatic amines is 1. The molecule has 8 heteroatoms. The summed E-state index contributed by atoms with van der Waals surface area (Å²) in [6, 6.07) is 5.26. The molecule has 0 amide bonds. The van der Waals surface area contributed by atoms with Gasteiger partial charge in [-0.15, -0.1) is 0 Å². The normalized spacial score (nSPS) is 10.4. The minimum Gasteiger partial charge on any atom is -0.382 e. The average molecular weight is 340 g/mol. The van der Waals surface area contributed by atoms with Gasteiger partial charge < -0.3 is 16.0 Å². The van der Waals surface area contributed by atoms with Crippen LogP contribution in [0.15, 0.2) is 23.0 Å². The molecule has 1 aromatic carbocycles. The highest BCUT2D eigenvalue weighted by Gasteiger charge is 2.12. The number of benzene rings is 1. The molecule has 1 aromatic heterocycles. The Morgan fingerprint density at radius 1 is 1.36 bits per heavy atom. The van der Waals surface area contributed by atoms with Crippen LogP contribution in [0.2, 0.25) is 10.0 Å². The molecule has 0 bridgehead atoms. The molecule has 0 radical (unpaired) electrons. The summed E-state index contributed by atoms with van der Waals surface area (Å²) in [5.74, 6) is 0.289. The van der Waals surface area contributed by atoms with E-state index in [1.54, 1.807) is 26.1 Å². The Bertz CT molecular complexity index is 772. The third-order valence-corrected chi connectivity index (χ3v) is 3.71. The molecule has 0 saturated carbocycles. The third-order valence-electron chi connectivity index (χ3n) is 2.97. The number of nitrogens with one attached hydrogen (secondary N) is 4. The van der Waals surface area contributed by atoms with Gasteiger partial charge in [-0.3, -0.25) is 9.78 Å². The second-order valence-electron chi connectivity index (χ2n) is 4.62. The van der Waals surface area contributed by atoms with Crippen molar-refractivity contribution < 1.29 is 0 Å². The Kier molecular flexibility index (Phi) is 5.05. The van der Waals surface area contributed by atoms with E-state index in [1.165, 1.54) is 0 Å². The maximum Gasteiger partial charge on any atom is 0.276 e. The quantitative estimate of drug-likeness (QED) is 0.629. The first-order chi connectivity index (χ1) is 10.4. The minimum atomic E-state index is -0.337. The van der Waals surface area contributed by atoms with Crippen LogP contribution in [-0.2, 0) is 6.54 Å². The van der Waals surface area contributed by atoms with Crippen LogP contribution in [-0.4, -0.2) is 22.7 Å². The standard InChI is InChI=1S/C14H15Cl2N5O/c1-7(17)11-12(18-2)13(22)21-14(20-11)19-6-8-3-4-9(15)10(16)5-8/h3-5,17-18H,6H2,1-2H3,(H2,19,20,21,22). The number of hydrogen-bond donors (Lipinski definition) is 4. The summed E-state index contributed by atoms with van der Waals surface area (Å²) in [5.41, 5.74) is 1.34. The molecule has 116 valence electrons. The van der Waals surface area contributed by atoms with Crippen LogP contribution in [0.3, 0.4) is 0 Å². The zero-order chi connectivity index (χ0) is 16.3. The van der Waals surface area contributed by atoms with Gasteiger partial charge in [0, 0.05) is 13.6 Å². The summed E-state index contributed by atoms with van der Waals surface area (Å²) >= 11 is 11.8. The fourth-order valence-electron chi connectivity index (χ4n) is 1.90. The molecule has 2 aromatic rings. The van der Waals surface area contributed by atoms with E-state index in [0.717, 1.165) is 5.56 Å². The Hall–Kier alpha value is -2.05. The summed E-state index contributed by atoms with van der Waals surface area (Å²) in [5, 5.41) is 14.4. The van der Waals surface area contributed by atoms with Crippen molar-refractivity contribution in [3.05, 3.63) is 49.9 Å². The predicted molar refractivity (Wildman–Crippen MR) is 90.7 cm³/mol. The SMILES string of the molecule is CNc1c(C(C)=N)nc(NCc2ccc(Cl)c(Cl)c2)[nH]c1=O. The Morgan fingerprint density at radius 2 is 2.09 bits per heavy atom. The monoisotopic (exact) mass is 339 g/mol. The first-order valence-electron chi connectivity index (χ1n) is 6.47. The summed E-state index contributed by atoms with van der Waals surface area (Å²) in [4.78, 5) is 18.8. The lowest BCUT2D eigenvalue weighted by Crippen LogP contribution is -2.21. The van der Waals surface area contributed by atoms with Gasteiger partial charge in [-0.2, -0.15) is 0 Å². The van der Waals surface area contributed by atoms with E-state index in [2.05, 4.69) is 20.6 Å². The van der Waals surface area contributed by atoms with E-state index < -0.39 is 0 Å². The summed E-state index contributed by atoms with van der Waals surface area (Å²) in [6.45, 7) is 1.99. The molecule has 4 N–H and O–H groups in total. The molecule has 0 spiro atoms. The van der Waals surface area contributed by atoms with Crippen LogP contribution in [0.4, 0.5) is 11.6 Å². The second kappa shape index (κ2) is 6.81. The van der Waals surface area contributed by atoms with E-state index in [0.29, 0.717) is 22.3 Å². The molecule has 0 saturated heterocycles. The van der Waals surface area contributed by atoms with Crippen molar-refractivity contribution in [2.24, 2.45) is 0 Å². The van der Waals surface area contributed by atoms with E-state index >= 15 is 0 Å². The lowest BCUT2D eigenvalue weighted by Gasteiger charge is -2.10. The lowest BCUT2D eigenvalue weighted by atomic mass is 10.2. The number of anilines is 2. The Morgan fingerprint density at radius 3 is 2.68 bits per heavy atom. The van der Waals surface area contributed by atoms with Crippen molar-refractivity contribution in [2.45, 2.75) is 13.5 Å². The number of aromatic nitrogens is 2. The van der Waals surface area contributed by atoms with Gasteiger partial charge in [0.1, 0.15) is 11.4 Å². The van der Waals surface area contributed by atoms with Crippen molar-refractivity contribution in [3.63, 3.8) is 0 Å². The second-order valence-corrected chi connectivity index (χ2v) is 5.43. The van der Waals surface area contributed by atoms with Gasteiger partial charge >= 0.3 is 0 Å². The predicted octanol–water partition coefficient (Wildman–Crippen LogP) is 3.12. The van der Waals surface area contributed by atoms with Crippen molar-refractivity contribution in [3.8, 4) is 0 Å². The van der Waals surface area contributed by atoms with Gasteiger partial charge in [0.2, 0.25) is 5.95 Å². The number of H-pyrrole nitrogens is 1. The fraction of sp³-hybridized carbons (Fsp3) is 0.214. The van der Waals surface area contributed by atoms with Crippen LogP contribution < -0.4 is 16.2 Å². The van der Waals surface area contributed by atoms with Gasteiger partial charge in [0.05, 0.1) is 15.8 Å². The topological polar surface area (TPSA) is 93.7 Å². The molecule has 0 fully saturated rings. The summed E-state index contributed by atoms with van der Waals surface area (Å²) in [7, 11) is 1.61. The number of rotatable bonds is 5. The van der Waals surface area contributed by atoms with Crippen LogP contribution in [0.1, 0.15) is 18.2 Å². The fourth-order valence-corrected chi connectivity index (χ4v) is 2.22. The highest BCUT2D eigenvalue weighted by Crippen LogP contribution is 2.22. The van der Waals surface area contributed by atoms with Crippen molar-refractivity contribution >= 4 is 40.5 Å². The van der Waals surface area contributed by atoms with Crippen LogP contribution in [0, 0.1) is 5.41 Å². The molecule has 22 heavy (non-hydrogen) atoms. The van der Waals surface area contributed by atoms with Crippen molar-refractivity contribution in [1.82, 2.24) is 9.97 Å². The molecular weight excluding hydrogens is 325 g/mol. The minimum absolute atomic E-state index is 0.202. The first kappa shape index (κ1) is 16.3. The van der Waals surface area contributed by atoms with Gasteiger partial charge in [0.25, 0.3) is 5.56 Å². The molecule has 0 aliphatic heterocycles. The van der Waals surface area contributed by atoms with Crippen molar-refractivity contribution in [2.75, 3.05) is 17.7 Å². The highest BCUT2D eigenvalue weighted by atomic mass is 35.5. The number of nitrogens with zero attached hydrogens (tertiary/aromatic N) is 1. The zero-order valence-electron chi connectivity index (χ0n) is 12.1. The molecule has 2 rings (SSSR count). The smallest absolute Gasteiger partial charge is 0.276 e. The zero-order valence-corrected chi connectivity index (χ0v) is 13.6. The maximum absolute atomic E-state index is 12.0. The van der Waals surface area contributed by atoms with E-state index in [9.17, 15) is 4.79 Å². The first-order valence-corrected chi connectivity index (χ1v) is 7.23. The third kappa shape index (κ3) is 3.58. The van der Waals surface area contributed by atoms with E-state index in [1.807, 2.05) is 6.07 Å². The molecule has 0 aliphatic rings. The average Bonchev–Trinajstić information content (AvgIpc) is 2.47. The van der Waals surface area contributed by atoms with Crippen LogP contribution in [0.25, 0.3) is 0 Å². The number of hydrogen-bond acceptors (Lipinski definition) is 5. The molecule has 1 heterocycles. The molecule has 0 aliphatic carbocycles.